The van der Waals surface area contributed by atoms with E-state index in [-0.39, 0.29) is 11.8 Å². The zero-order valence-corrected chi connectivity index (χ0v) is 15.4. The van der Waals surface area contributed by atoms with Crippen LogP contribution in [0, 0.1) is 5.41 Å². The van der Waals surface area contributed by atoms with Crippen molar-refractivity contribution < 1.29 is 5.11 Å². The molecule has 0 saturated heterocycles. The van der Waals surface area contributed by atoms with Gasteiger partial charge in [0.15, 0.2) is 0 Å². The maximum absolute atomic E-state index is 9.15. The van der Waals surface area contributed by atoms with Crippen molar-refractivity contribution in [3.05, 3.63) is 60.9 Å². The quantitative estimate of drug-likeness (QED) is 0.465. The Labute approximate surface area is 138 Å². The van der Waals surface area contributed by atoms with E-state index in [0.29, 0.717) is 5.41 Å². The van der Waals surface area contributed by atoms with Gasteiger partial charge in [-0.3, -0.25) is 0 Å². The number of hydrogen-bond donors (Lipinski definition) is 2. The van der Waals surface area contributed by atoms with Crippen molar-refractivity contribution in [3.8, 4) is 0 Å². The third-order valence-electron chi connectivity index (χ3n) is 3.06. The zero-order valence-electron chi connectivity index (χ0n) is 15.4. The van der Waals surface area contributed by atoms with E-state index in [1.54, 1.807) is 0 Å². The largest absolute Gasteiger partial charge is 0.511 e. The summed E-state index contributed by atoms with van der Waals surface area (Å²) in [5.41, 5.74) is 2.51. The van der Waals surface area contributed by atoms with Gasteiger partial charge in [-0.25, -0.2) is 0 Å². The first-order valence-electron chi connectivity index (χ1n) is 7.74. The molecule has 0 rings (SSSR count). The van der Waals surface area contributed by atoms with Gasteiger partial charge in [-0.15, -0.1) is 0 Å². The molecule has 1 atom stereocenters. The number of rotatable bonds is 7. The van der Waals surface area contributed by atoms with Gasteiger partial charge in [0.25, 0.3) is 0 Å². The molecule has 2 N–H and O–H groups in total. The highest BCUT2D eigenvalue weighted by Crippen LogP contribution is 2.22. The fraction of sp³-hybridized carbons (Fsp3) is 0.500. The summed E-state index contributed by atoms with van der Waals surface area (Å²) in [4.78, 5) is 0. The van der Waals surface area contributed by atoms with Crippen LogP contribution in [0.5, 0.6) is 0 Å². The second-order valence-corrected chi connectivity index (χ2v) is 6.60. The van der Waals surface area contributed by atoms with Gasteiger partial charge >= 0.3 is 0 Å². The highest BCUT2D eigenvalue weighted by atomic mass is 16.3. The Hall–Kier alpha value is -1.54. The van der Waals surface area contributed by atoms with Crippen LogP contribution >= 0.6 is 0 Å². The minimum absolute atomic E-state index is 0.0456. The van der Waals surface area contributed by atoms with Crippen molar-refractivity contribution in [1.29, 1.82) is 0 Å². The average molecular weight is 306 g/mol. The molecule has 0 saturated carbocycles. The summed E-state index contributed by atoms with van der Waals surface area (Å²) in [6.45, 7) is 21.5. The smallest absolute Gasteiger partial charge is 0.102 e. The molecule has 0 amide bonds. The maximum Gasteiger partial charge on any atom is 0.102 e. The van der Waals surface area contributed by atoms with E-state index in [9.17, 15) is 0 Å². The van der Waals surface area contributed by atoms with Gasteiger partial charge in [0.2, 0.25) is 0 Å². The Morgan fingerprint density at radius 2 is 1.77 bits per heavy atom. The summed E-state index contributed by atoms with van der Waals surface area (Å²) in [7, 11) is 1.84. The number of allylic oxidation sites excluding steroid dienone is 6. The summed E-state index contributed by atoms with van der Waals surface area (Å²) in [5, 5.41) is 12.2. The standard InChI is InChI=1S/C10H21NO.C10H14/c1-8(12)9(11-5)6-7-10(2,3)4;1-5-10(6-2)8-7-9(3)4/h9,11-12H,1,6-7H2,2-5H3;5-8H,1,3H2,2,4H3/b;8-7-,10-6-/t9-;/m0./s1. The molecule has 0 aliphatic rings. The molecule has 0 aromatic heterocycles. The molecule has 2 heteroatoms. The molecule has 0 heterocycles. The van der Waals surface area contributed by atoms with Crippen LogP contribution in [0.1, 0.15) is 47.5 Å². The second kappa shape index (κ2) is 12.0. The van der Waals surface area contributed by atoms with E-state index in [1.807, 2.05) is 45.2 Å². The van der Waals surface area contributed by atoms with Gasteiger partial charge in [-0.05, 0) is 44.7 Å². The van der Waals surface area contributed by atoms with Gasteiger partial charge in [0.1, 0.15) is 5.76 Å². The molecule has 0 bridgehead atoms. The Morgan fingerprint density at radius 1 is 1.23 bits per heavy atom. The summed E-state index contributed by atoms with van der Waals surface area (Å²) in [6, 6.07) is 0.0456. The number of hydrogen-bond acceptors (Lipinski definition) is 2. The fourth-order valence-electron chi connectivity index (χ4n) is 1.58. The maximum atomic E-state index is 9.15. The van der Waals surface area contributed by atoms with E-state index >= 15 is 0 Å². The van der Waals surface area contributed by atoms with Crippen molar-refractivity contribution in [3.63, 3.8) is 0 Å². The molecule has 0 radical (unpaired) electrons. The first-order valence-corrected chi connectivity index (χ1v) is 7.74. The minimum atomic E-state index is 0.0456. The number of aliphatic hydroxyl groups is 1. The van der Waals surface area contributed by atoms with Crippen molar-refractivity contribution in [2.24, 2.45) is 5.41 Å². The van der Waals surface area contributed by atoms with Crippen LogP contribution in [0.3, 0.4) is 0 Å². The van der Waals surface area contributed by atoms with Crippen LogP contribution in [0.25, 0.3) is 0 Å². The lowest BCUT2D eigenvalue weighted by Gasteiger charge is -2.22. The van der Waals surface area contributed by atoms with Gasteiger partial charge in [-0.1, -0.05) is 70.4 Å². The lowest BCUT2D eigenvalue weighted by Crippen LogP contribution is -2.28. The van der Waals surface area contributed by atoms with Crippen molar-refractivity contribution in [1.82, 2.24) is 5.32 Å². The lowest BCUT2D eigenvalue weighted by atomic mass is 9.88. The summed E-state index contributed by atoms with van der Waals surface area (Å²) < 4.78 is 0. The van der Waals surface area contributed by atoms with E-state index in [1.165, 1.54) is 0 Å². The highest BCUT2D eigenvalue weighted by molar-refractivity contribution is 5.31. The molecule has 2 nitrogen and oxygen atoms in total. The lowest BCUT2D eigenvalue weighted by molar-refractivity contribution is 0.298. The van der Waals surface area contributed by atoms with E-state index < -0.39 is 0 Å². The second-order valence-electron chi connectivity index (χ2n) is 6.60. The van der Waals surface area contributed by atoms with Gasteiger partial charge in [0.05, 0.1) is 6.04 Å². The Morgan fingerprint density at radius 3 is 2.05 bits per heavy atom. The Kier molecular flexibility index (Phi) is 12.5. The predicted molar refractivity (Wildman–Crippen MR) is 101 cm³/mol. The molecule has 0 aliphatic carbocycles. The zero-order chi connectivity index (χ0) is 17.8. The normalized spacial score (nSPS) is 13.3. The molecule has 0 aliphatic heterocycles. The Bertz CT molecular complexity index is 408. The van der Waals surface area contributed by atoms with Crippen LogP contribution in [-0.2, 0) is 0 Å². The molecule has 0 aromatic carbocycles. The minimum Gasteiger partial charge on any atom is -0.511 e. The first-order chi connectivity index (χ1) is 10.1. The molecule has 22 heavy (non-hydrogen) atoms. The van der Waals surface area contributed by atoms with Crippen molar-refractivity contribution in [2.45, 2.75) is 53.5 Å². The average Bonchev–Trinajstić information content (AvgIpc) is 2.39. The third-order valence-corrected chi connectivity index (χ3v) is 3.06. The van der Waals surface area contributed by atoms with Crippen molar-refractivity contribution in [2.75, 3.05) is 7.05 Å². The van der Waals surface area contributed by atoms with Crippen LogP contribution in [-0.4, -0.2) is 18.2 Å². The molecule has 126 valence electrons. The summed E-state index contributed by atoms with van der Waals surface area (Å²) >= 11 is 0. The van der Waals surface area contributed by atoms with Gasteiger partial charge < -0.3 is 10.4 Å². The molecule has 0 spiro atoms. The number of aliphatic hydroxyl groups excluding tert-OH is 1. The van der Waals surface area contributed by atoms with E-state index in [2.05, 4.69) is 45.8 Å². The number of nitrogens with one attached hydrogen (secondary N) is 1. The monoisotopic (exact) mass is 305 g/mol. The van der Waals surface area contributed by atoms with Crippen LogP contribution in [0.15, 0.2) is 60.9 Å². The molecular weight excluding hydrogens is 270 g/mol. The SMILES string of the molecule is C=C(O)[C@H](CCC(C)(C)C)NC.C=CC(/C=C\C(=C)C)=C/C. The molecule has 0 aromatic rings. The third kappa shape index (κ3) is 14.9. The topological polar surface area (TPSA) is 32.3 Å². The van der Waals surface area contributed by atoms with Crippen molar-refractivity contribution >= 4 is 0 Å². The van der Waals surface area contributed by atoms with E-state index in [0.717, 1.165) is 24.0 Å². The van der Waals surface area contributed by atoms with Crippen LogP contribution in [0.2, 0.25) is 0 Å². The van der Waals surface area contributed by atoms with Gasteiger partial charge in [-0.2, -0.15) is 0 Å². The Balaban J connectivity index is 0. The van der Waals surface area contributed by atoms with Crippen LogP contribution in [0.4, 0.5) is 0 Å². The highest BCUT2D eigenvalue weighted by Gasteiger charge is 2.15. The first kappa shape index (κ1) is 22.7. The molecule has 0 unspecified atom stereocenters. The summed E-state index contributed by atoms with van der Waals surface area (Å²) in [6.07, 6.45) is 9.81. The number of likely N-dealkylation sites (N-methyl/N-ethyl adjacent to an activating group) is 1. The fourth-order valence-corrected chi connectivity index (χ4v) is 1.58. The van der Waals surface area contributed by atoms with Crippen LogP contribution < -0.4 is 5.32 Å². The summed E-state index contributed by atoms with van der Waals surface area (Å²) in [5.74, 6) is 0.238. The molecule has 0 fully saturated rings. The van der Waals surface area contributed by atoms with E-state index in [4.69, 9.17) is 5.11 Å². The van der Waals surface area contributed by atoms with Gasteiger partial charge in [0, 0.05) is 0 Å². The molecular formula is C20H35NO. The predicted octanol–water partition coefficient (Wildman–Crippen LogP) is 5.72.